The second-order valence-corrected chi connectivity index (χ2v) is 13.8. The fraction of sp³-hybridized carbons (Fsp3) is 0.552. The van der Waals surface area contributed by atoms with Crippen LogP contribution in [0.5, 0.6) is 5.75 Å². The van der Waals surface area contributed by atoms with Crippen LogP contribution < -0.4 is 19.7 Å². The number of aliphatic hydroxyl groups excluding tert-OH is 1. The normalized spacial score (nSPS) is 22.0. The zero-order valence-corrected chi connectivity index (χ0v) is 23.2. The molecule has 6 rings (SSSR count). The van der Waals surface area contributed by atoms with E-state index in [1.165, 1.54) is 12.8 Å². The zero-order chi connectivity index (χ0) is 28.2. The molecule has 0 bridgehead atoms. The number of fused-ring (bicyclic) bond motifs is 2. The molecular weight excluding hydrogens is 540 g/mol. The van der Waals surface area contributed by atoms with E-state index >= 15 is 0 Å². The molecule has 2 saturated carbocycles. The summed E-state index contributed by atoms with van der Waals surface area (Å²) in [4.78, 5) is 15.8. The Morgan fingerprint density at radius 2 is 1.65 bits per heavy atom. The second kappa shape index (κ2) is 9.87. The minimum absolute atomic E-state index is 0.179. The molecule has 40 heavy (non-hydrogen) atoms. The number of halogens is 2. The van der Waals surface area contributed by atoms with E-state index in [9.17, 15) is 22.0 Å². The maximum Gasteiger partial charge on any atom is 0.257 e. The van der Waals surface area contributed by atoms with Gasteiger partial charge in [0.05, 0.1) is 35.9 Å². The van der Waals surface area contributed by atoms with Gasteiger partial charge in [-0.3, -0.25) is 9.52 Å². The highest BCUT2D eigenvalue weighted by atomic mass is 32.2. The molecule has 2 aromatic rings. The molecule has 11 heteroatoms. The highest BCUT2D eigenvalue weighted by Gasteiger charge is 2.49. The SMILES string of the molecule is O=C(Nc1ccc2c(c1)C1(CCC(F)(F)CC1)CO2)c1ccc(NS(=O)(=O)CCO)cc1N1CCC2(CC1)CC2. The van der Waals surface area contributed by atoms with Crippen molar-refractivity contribution < 1.29 is 31.8 Å². The van der Waals surface area contributed by atoms with Crippen molar-refractivity contribution in [1.29, 1.82) is 0 Å². The van der Waals surface area contributed by atoms with Crippen LogP contribution in [0.3, 0.4) is 0 Å². The van der Waals surface area contributed by atoms with E-state index in [0.717, 1.165) is 31.5 Å². The number of hydrogen-bond donors (Lipinski definition) is 3. The number of nitrogens with one attached hydrogen (secondary N) is 2. The Morgan fingerprint density at radius 1 is 0.950 bits per heavy atom. The van der Waals surface area contributed by atoms with Crippen LogP contribution in [0.4, 0.5) is 25.8 Å². The van der Waals surface area contributed by atoms with E-state index in [2.05, 4.69) is 14.9 Å². The molecule has 2 spiro atoms. The van der Waals surface area contributed by atoms with Crippen molar-refractivity contribution in [2.45, 2.75) is 62.7 Å². The van der Waals surface area contributed by atoms with Crippen molar-refractivity contribution in [3.8, 4) is 5.75 Å². The molecule has 3 fully saturated rings. The number of carbonyl (C=O) groups is 1. The minimum Gasteiger partial charge on any atom is -0.492 e. The van der Waals surface area contributed by atoms with Crippen molar-refractivity contribution in [1.82, 2.24) is 0 Å². The quantitative estimate of drug-likeness (QED) is 0.434. The Kier molecular flexibility index (Phi) is 6.72. The fourth-order valence-electron chi connectivity index (χ4n) is 6.45. The molecule has 3 N–H and O–H groups in total. The molecule has 2 aliphatic carbocycles. The number of piperidine rings is 1. The van der Waals surface area contributed by atoms with Crippen LogP contribution in [0.2, 0.25) is 0 Å². The van der Waals surface area contributed by atoms with Crippen molar-refractivity contribution in [3.63, 3.8) is 0 Å². The monoisotopic (exact) mass is 575 g/mol. The number of carbonyl (C=O) groups excluding carboxylic acids is 1. The van der Waals surface area contributed by atoms with Gasteiger partial charge < -0.3 is 20.1 Å². The lowest BCUT2D eigenvalue weighted by atomic mass is 9.70. The van der Waals surface area contributed by atoms with Gasteiger partial charge in [-0.25, -0.2) is 17.2 Å². The van der Waals surface area contributed by atoms with Gasteiger partial charge in [0, 0.05) is 42.6 Å². The standard InChI is InChI=1S/C29H35F2N3O5S/c30-29(31)9-7-28(8-10-29)19-39-25-4-2-20(17-23(25)28)32-26(36)22-3-1-21(33-40(37,38)16-15-35)18-24(22)34-13-11-27(5-6-27)12-14-34/h1-4,17-18,33,35H,5-16,19H2,(H,32,36). The summed E-state index contributed by atoms with van der Waals surface area (Å²) in [5.74, 6) is -2.74. The van der Waals surface area contributed by atoms with Gasteiger partial charge in [0.25, 0.3) is 5.91 Å². The Balaban J connectivity index is 1.26. The Bertz CT molecular complexity index is 1410. The Morgan fingerprint density at radius 3 is 2.33 bits per heavy atom. The largest absolute Gasteiger partial charge is 0.492 e. The molecule has 2 aromatic carbocycles. The Hall–Kier alpha value is -2.92. The van der Waals surface area contributed by atoms with Crippen LogP contribution >= 0.6 is 0 Å². The predicted molar refractivity (Wildman–Crippen MR) is 149 cm³/mol. The average molecular weight is 576 g/mol. The topological polar surface area (TPSA) is 108 Å². The summed E-state index contributed by atoms with van der Waals surface area (Å²) in [5, 5.41) is 12.1. The molecule has 0 radical (unpaired) electrons. The molecule has 216 valence electrons. The van der Waals surface area contributed by atoms with Crippen LogP contribution in [-0.2, 0) is 15.4 Å². The fourth-order valence-corrected chi connectivity index (χ4v) is 7.27. The first kappa shape index (κ1) is 27.3. The molecule has 2 aliphatic heterocycles. The van der Waals surface area contributed by atoms with Crippen LogP contribution in [-0.4, -0.2) is 57.4 Å². The number of alkyl halides is 2. The highest BCUT2D eigenvalue weighted by Crippen LogP contribution is 2.54. The minimum atomic E-state index is -3.73. The maximum atomic E-state index is 13.9. The molecule has 4 aliphatic rings. The summed E-state index contributed by atoms with van der Waals surface area (Å²) >= 11 is 0. The van der Waals surface area contributed by atoms with Gasteiger partial charge in [-0.2, -0.15) is 0 Å². The lowest BCUT2D eigenvalue weighted by Gasteiger charge is -2.36. The highest BCUT2D eigenvalue weighted by molar-refractivity contribution is 7.92. The van der Waals surface area contributed by atoms with Gasteiger partial charge in [0.1, 0.15) is 5.75 Å². The van der Waals surface area contributed by atoms with Crippen LogP contribution in [0, 0.1) is 5.41 Å². The smallest absolute Gasteiger partial charge is 0.257 e. The summed E-state index contributed by atoms with van der Waals surface area (Å²) < 4.78 is 60.7. The van der Waals surface area contributed by atoms with Crippen molar-refractivity contribution in [3.05, 3.63) is 47.5 Å². The maximum absolute atomic E-state index is 13.9. The van der Waals surface area contributed by atoms with E-state index in [1.54, 1.807) is 30.3 Å². The summed E-state index contributed by atoms with van der Waals surface area (Å²) in [6.07, 6.45) is 4.83. The van der Waals surface area contributed by atoms with Gasteiger partial charge in [0.15, 0.2) is 0 Å². The molecule has 0 atom stereocenters. The van der Waals surface area contributed by atoms with Crippen molar-refractivity contribution in [2.24, 2.45) is 5.41 Å². The van der Waals surface area contributed by atoms with Gasteiger partial charge in [-0.15, -0.1) is 0 Å². The molecular formula is C29H35F2N3O5S. The molecule has 0 unspecified atom stereocenters. The van der Waals surface area contributed by atoms with Gasteiger partial charge in [-0.05, 0) is 80.3 Å². The van der Waals surface area contributed by atoms with Crippen LogP contribution in [0.1, 0.15) is 67.3 Å². The zero-order valence-electron chi connectivity index (χ0n) is 22.3. The second-order valence-electron chi connectivity index (χ2n) is 12.0. The number of aliphatic hydroxyl groups is 1. The average Bonchev–Trinajstić information content (AvgIpc) is 3.57. The van der Waals surface area contributed by atoms with E-state index in [-0.39, 0.29) is 18.7 Å². The number of rotatable bonds is 7. The lowest BCUT2D eigenvalue weighted by molar-refractivity contribution is -0.0538. The third-order valence-electron chi connectivity index (χ3n) is 9.25. The van der Waals surface area contributed by atoms with E-state index in [4.69, 9.17) is 9.84 Å². The first-order valence-corrected chi connectivity index (χ1v) is 15.6. The number of sulfonamides is 1. The van der Waals surface area contributed by atoms with Gasteiger partial charge in [0.2, 0.25) is 15.9 Å². The lowest BCUT2D eigenvalue weighted by Crippen LogP contribution is -2.37. The third kappa shape index (κ3) is 5.37. The van der Waals surface area contributed by atoms with Crippen LogP contribution in [0.15, 0.2) is 36.4 Å². The number of nitrogens with zero attached hydrogens (tertiary/aromatic N) is 1. The van der Waals surface area contributed by atoms with Gasteiger partial charge in [-0.1, -0.05) is 0 Å². The van der Waals surface area contributed by atoms with E-state index in [1.807, 2.05) is 6.07 Å². The molecule has 8 nitrogen and oxygen atoms in total. The Labute approximate surface area is 233 Å². The predicted octanol–water partition coefficient (Wildman–Crippen LogP) is 4.89. The summed E-state index contributed by atoms with van der Waals surface area (Å²) in [5.41, 5.74) is 2.76. The van der Waals surface area contributed by atoms with E-state index in [0.29, 0.717) is 53.2 Å². The van der Waals surface area contributed by atoms with Gasteiger partial charge >= 0.3 is 0 Å². The third-order valence-corrected chi connectivity index (χ3v) is 10.5. The first-order valence-electron chi connectivity index (χ1n) is 14.0. The number of amides is 1. The number of hydrogen-bond acceptors (Lipinski definition) is 6. The molecule has 1 saturated heterocycles. The summed E-state index contributed by atoms with van der Waals surface area (Å²) in [7, 11) is -3.73. The number of anilines is 3. The van der Waals surface area contributed by atoms with Crippen LogP contribution in [0.25, 0.3) is 0 Å². The molecule has 2 heterocycles. The molecule has 1 amide bonds. The number of ether oxygens (including phenoxy) is 1. The first-order chi connectivity index (χ1) is 19.0. The van der Waals surface area contributed by atoms with E-state index < -0.39 is 33.7 Å². The molecule has 0 aromatic heterocycles. The van der Waals surface area contributed by atoms with Crippen molar-refractivity contribution >= 4 is 33.0 Å². The summed E-state index contributed by atoms with van der Waals surface area (Å²) in [6, 6.07) is 10.2. The summed E-state index contributed by atoms with van der Waals surface area (Å²) in [6.45, 7) is 1.42. The van der Waals surface area contributed by atoms with Crippen molar-refractivity contribution in [2.75, 3.05) is 47.0 Å². The number of benzene rings is 2.